The van der Waals surface area contributed by atoms with E-state index in [1.807, 2.05) is 32.0 Å². The van der Waals surface area contributed by atoms with Crippen molar-refractivity contribution in [1.82, 2.24) is 0 Å². The van der Waals surface area contributed by atoms with Gasteiger partial charge in [-0.15, -0.1) is 0 Å². The highest BCUT2D eigenvalue weighted by Crippen LogP contribution is 2.11. The monoisotopic (exact) mass is 193 g/mol. The van der Waals surface area contributed by atoms with Crippen LogP contribution in [0.4, 0.5) is 0 Å². The van der Waals surface area contributed by atoms with E-state index < -0.39 is 12.0 Å². The van der Waals surface area contributed by atoms with Gasteiger partial charge in [0, 0.05) is 0 Å². The molecule has 1 unspecified atom stereocenters. The molecule has 0 aromatic heterocycles. The summed E-state index contributed by atoms with van der Waals surface area (Å²) in [6.45, 7) is 4.03. The van der Waals surface area contributed by atoms with Gasteiger partial charge in [-0.1, -0.05) is 18.2 Å². The summed E-state index contributed by atoms with van der Waals surface area (Å²) < 4.78 is 0. The fourth-order valence-electron chi connectivity index (χ4n) is 1.27. The molecule has 0 radical (unpaired) electrons. The lowest BCUT2D eigenvalue weighted by Crippen LogP contribution is -2.32. The molecule has 0 bridgehead atoms. The number of carboxylic acids is 1. The summed E-state index contributed by atoms with van der Waals surface area (Å²) in [5.74, 6) is -0.955. The number of rotatable bonds is 3. The Labute approximate surface area is 83.6 Å². The van der Waals surface area contributed by atoms with Crippen molar-refractivity contribution >= 4 is 5.97 Å². The molecule has 0 aliphatic rings. The number of carbonyl (C=O) groups is 1. The Kier molecular flexibility index (Phi) is 3.25. The second-order valence-electron chi connectivity index (χ2n) is 3.57. The first-order valence-electron chi connectivity index (χ1n) is 4.55. The Balaban J connectivity index is 2.78. The van der Waals surface area contributed by atoms with Crippen LogP contribution in [0.2, 0.25) is 0 Å². The molecular weight excluding hydrogens is 178 g/mol. The standard InChI is InChI=1S/C11H15NO2/c1-7-3-4-9(5-8(7)2)6-10(12)11(13)14/h3-5,10H,6,12H2,1-2H3,(H,13,14). The Morgan fingerprint density at radius 2 is 2.07 bits per heavy atom. The lowest BCUT2D eigenvalue weighted by molar-refractivity contribution is -0.138. The smallest absolute Gasteiger partial charge is 0.320 e. The van der Waals surface area contributed by atoms with Crippen LogP contribution in [0.25, 0.3) is 0 Å². The van der Waals surface area contributed by atoms with Crippen molar-refractivity contribution in [2.45, 2.75) is 26.3 Å². The number of aryl methyl sites for hydroxylation is 2. The molecule has 14 heavy (non-hydrogen) atoms. The molecule has 0 amide bonds. The average Bonchev–Trinajstić information content (AvgIpc) is 2.11. The van der Waals surface area contributed by atoms with E-state index in [0.717, 1.165) is 5.56 Å². The Morgan fingerprint density at radius 1 is 1.43 bits per heavy atom. The predicted octanol–water partition coefficient (Wildman–Crippen LogP) is 1.26. The summed E-state index contributed by atoms with van der Waals surface area (Å²) in [5, 5.41) is 8.64. The number of hydrogen-bond acceptors (Lipinski definition) is 2. The second-order valence-corrected chi connectivity index (χ2v) is 3.57. The molecule has 0 saturated carbocycles. The van der Waals surface area contributed by atoms with Crippen molar-refractivity contribution < 1.29 is 9.90 Å². The third-order valence-electron chi connectivity index (χ3n) is 2.34. The van der Waals surface area contributed by atoms with E-state index in [1.165, 1.54) is 11.1 Å². The molecule has 76 valence electrons. The van der Waals surface area contributed by atoms with E-state index in [2.05, 4.69) is 0 Å². The van der Waals surface area contributed by atoms with Crippen LogP contribution in [-0.2, 0) is 11.2 Å². The van der Waals surface area contributed by atoms with Gasteiger partial charge in [-0.3, -0.25) is 4.79 Å². The van der Waals surface area contributed by atoms with Crippen LogP contribution >= 0.6 is 0 Å². The second kappa shape index (κ2) is 4.24. The largest absolute Gasteiger partial charge is 0.480 e. The zero-order valence-electron chi connectivity index (χ0n) is 8.45. The topological polar surface area (TPSA) is 63.3 Å². The fraction of sp³-hybridized carbons (Fsp3) is 0.364. The minimum atomic E-state index is -0.955. The molecule has 0 heterocycles. The zero-order valence-corrected chi connectivity index (χ0v) is 8.45. The average molecular weight is 193 g/mol. The number of benzene rings is 1. The van der Waals surface area contributed by atoms with Gasteiger partial charge < -0.3 is 10.8 Å². The van der Waals surface area contributed by atoms with Gasteiger partial charge in [-0.25, -0.2) is 0 Å². The minimum Gasteiger partial charge on any atom is -0.480 e. The maximum Gasteiger partial charge on any atom is 0.320 e. The summed E-state index contributed by atoms with van der Waals surface area (Å²) in [7, 11) is 0. The highest BCUT2D eigenvalue weighted by atomic mass is 16.4. The highest BCUT2D eigenvalue weighted by molar-refractivity contribution is 5.73. The van der Waals surface area contributed by atoms with Gasteiger partial charge in [-0.2, -0.15) is 0 Å². The quantitative estimate of drug-likeness (QED) is 0.759. The number of hydrogen-bond donors (Lipinski definition) is 2. The number of carboxylic acid groups (broad SMARTS) is 1. The number of nitrogens with two attached hydrogens (primary N) is 1. The van der Waals surface area contributed by atoms with Gasteiger partial charge >= 0.3 is 5.97 Å². The van der Waals surface area contributed by atoms with Crippen LogP contribution in [0.3, 0.4) is 0 Å². The Morgan fingerprint density at radius 3 is 2.57 bits per heavy atom. The summed E-state index contributed by atoms with van der Waals surface area (Å²) >= 11 is 0. The SMILES string of the molecule is Cc1ccc(CC(N)C(=O)O)cc1C. The first-order chi connectivity index (χ1) is 6.50. The van der Waals surface area contributed by atoms with Gasteiger partial charge in [-0.05, 0) is 37.0 Å². The molecule has 0 saturated heterocycles. The van der Waals surface area contributed by atoms with Crippen LogP contribution in [0.1, 0.15) is 16.7 Å². The van der Waals surface area contributed by atoms with Crippen LogP contribution in [0.5, 0.6) is 0 Å². The van der Waals surface area contributed by atoms with Gasteiger partial charge in [0.1, 0.15) is 6.04 Å². The van der Waals surface area contributed by atoms with Gasteiger partial charge in [0.2, 0.25) is 0 Å². The predicted molar refractivity (Wildman–Crippen MR) is 55.2 cm³/mol. The lowest BCUT2D eigenvalue weighted by atomic mass is 10.0. The van der Waals surface area contributed by atoms with Crippen molar-refractivity contribution in [3.05, 3.63) is 34.9 Å². The zero-order chi connectivity index (χ0) is 10.7. The molecule has 1 aromatic rings. The first-order valence-corrected chi connectivity index (χ1v) is 4.55. The molecule has 1 atom stereocenters. The molecular formula is C11H15NO2. The highest BCUT2D eigenvalue weighted by Gasteiger charge is 2.11. The normalized spacial score (nSPS) is 12.5. The molecule has 3 nitrogen and oxygen atoms in total. The van der Waals surface area contributed by atoms with Crippen LogP contribution in [0, 0.1) is 13.8 Å². The van der Waals surface area contributed by atoms with Crippen molar-refractivity contribution in [2.75, 3.05) is 0 Å². The van der Waals surface area contributed by atoms with E-state index in [4.69, 9.17) is 10.8 Å². The molecule has 0 fully saturated rings. The molecule has 3 N–H and O–H groups in total. The number of aliphatic carboxylic acids is 1. The summed E-state index contributed by atoms with van der Waals surface area (Å²) in [4.78, 5) is 10.5. The molecule has 0 aliphatic carbocycles. The van der Waals surface area contributed by atoms with E-state index in [9.17, 15) is 4.79 Å². The maximum absolute atomic E-state index is 10.5. The van der Waals surface area contributed by atoms with Crippen molar-refractivity contribution in [3.63, 3.8) is 0 Å². The Bertz CT molecular complexity index is 347. The van der Waals surface area contributed by atoms with Crippen LogP contribution in [0.15, 0.2) is 18.2 Å². The van der Waals surface area contributed by atoms with E-state index in [0.29, 0.717) is 6.42 Å². The summed E-state index contributed by atoms with van der Waals surface area (Å²) in [6, 6.07) is 5.08. The van der Waals surface area contributed by atoms with Crippen LogP contribution in [-0.4, -0.2) is 17.1 Å². The summed E-state index contributed by atoms with van der Waals surface area (Å²) in [6.07, 6.45) is 0.385. The van der Waals surface area contributed by atoms with Crippen molar-refractivity contribution in [1.29, 1.82) is 0 Å². The third kappa shape index (κ3) is 2.57. The fourth-order valence-corrected chi connectivity index (χ4v) is 1.27. The lowest BCUT2D eigenvalue weighted by Gasteiger charge is -2.08. The minimum absolute atomic E-state index is 0.385. The van der Waals surface area contributed by atoms with Gasteiger partial charge in [0.15, 0.2) is 0 Å². The van der Waals surface area contributed by atoms with Crippen molar-refractivity contribution in [2.24, 2.45) is 5.73 Å². The van der Waals surface area contributed by atoms with E-state index in [-0.39, 0.29) is 0 Å². The van der Waals surface area contributed by atoms with Crippen LogP contribution < -0.4 is 5.73 Å². The molecule has 3 heteroatoms. The Hall–Kier alpha value is -1.35. The van der Waals surface area contributed by atoms with E-state index in [1.54, 1.807) is 0 Å². The van der Waals surface area contributed by atoms with E-state index >= 15 is 0 Å². The molecule has 0 aliphatic heterocycles. The molecule has 1 aromatic carbocycles. The molecule has 0 spiro atoms. The van der Waals surface area contributed by atoms with Gasteiger partial charge in [0.25, 0.3) is 0 Å². The van der Waals surface area contributed by atoms with Gasteiger partial charge in [0.05, 0.1) is 0 Å². The third-order valence-corrected chi connectivity index (χ3v) is 2.34. The molecule has 1 rings (SSSR count). The summed E-state index contributed by atoms with van der Waals surface area (Å²) in [5.41, 5.74) is 8.78. The maximum atomic E-state index is 10.5. The first kappa shape index (κ1) is 10.7. The van der Waals surface area contributed by atoms with Crippen molar-refractivity contribution in [3.8, 4) is 0 Å².